The van der Waals surface area contributed by atoms with Crippen LogP contribution in [-0.4, -0.2) is 63.4 Å². The van der Waals surface area contributed by atoms with Gasteiger partial charge in [0.25, 0.3) is 0 Å². The molecule has 2 aromatic carbocycles. The fourth-order valence-electron chi connectivity index (χ4n) is 3.96. The number of alkyl carbamates (subject to hydrolysis) is 1. The predicted octanol–water partition coefficient (Wildman–Crippen LogP) is 3.95. The highest BCUT2D eigenvalue weighted by Gasteiger charge is 2.37. The van der Waals surface area contributed by atoms with Gasteiger partial charge in [0.15, 0.2) is 0 Å². The number of rotatable bonds is 10. The topological polar surface area (TPSA) is 128 Å². The summed E-state index contributed by atoms with van der Waals surface area (Å²) in [5.41, 5.74) is 0.540. The van der Waals surface area contributed by atoms with E-state index in [9.17, 15) is 24.6 Å². The van der Waals surface area contributed by atoms with Crippen molar-refractivity contribution in [2.24, 2.45) is 0 Å². The normalized spacial score (nSPS) is 13.1. The molecule has 0 aliphatic rings. The average Bonchev–Trinajstić information content (AvgIpc) is 2.82. The van der Waals surface area contributed by atoms with E-state index in [0.29, 0.717) is 11.1 Å². The molecule has 9 nitrogen and oxygen atoms in total. The summed E-state index contributed by atoms with van der Waals surface area (Å²) in [5.74, 6) is -0.961. The van der Waals surface area contributed by atoms with Crippen LogP contribution in [0.25, 0.3) is 6.08 Å². The van der Waals surface area contributed by atoms with Crippen LogP contribution < -0.4 is 10.6 Å². The second kappa shape index (κ2) is 13.3. The van der Waals surface area contributed by atoms with Crippen LogP contribution in [0.3, 0.4) is 0 Å². The number of ether oxygens (including phenoxy) is 1. The van der Waals surface area contributed by atoms with Gasteiger partial charge in [0.1, 0.15) is 23.4 Å². The maximum atomic E-state index is 14.1. The lowest BCUT2D eigenvalue weighted by Gasteiger charge is -2.35. The van der Waals surface area contributed by atoms with E-state index in [1.165, 1.54) is 17.0 Å². The molecule has 3 amide bonds. The zero-order valence-corrected chi connectivity index (χ0v) is 23.7. The number of aliphatic hydroxyl groups is 1. The molecule has 0 aliphatic heterocycles. The minimum Gasteiger partial charge on any atom is -0.508 e. The molecule has 0 fully saturated rings. The van der Waals surface area contributed by atoms with Crippen molar-refractivity contribution in [3.63, 3.8) is 0 Å². The van der Waals surface area contributed by atoms with Crippen LogP contribution in [0.1, 0.15) is 64.3 Å². The monoisotopic (exact) mass is 539 g/mol. The van der Waals surface area contributed by atoms with E-state index in [4.69, 9.17) is 4.74 Å². The lowest BCUT2D eigenvalue weighted by molar-refractivity contribution is -0.143. The lowest BCUT2D eigenvalue weighted by Crippen LogP contribution is -2.55. The first-order chi connectivity index (χ1) is 18.1. The van der Waals surface area contributed by atoms with Gasteiger partial charge in [-0.3, -0.25) is 9.59 Å². The van der Waals surface area contributed by atoms with Crippen LogP contribution in [0.5, 0.6) is 5.75 Å². The standard InChI is InChI=1S/C30H41N3O6/c1-8-20-10-9-11-22(18-20)25(26(36)32-29(2,3)4)33(16-17-34)27(37)24(31-28(38)39-30(5,6)7)19-21-12-14-23(35)15-13-21/h8-15,18,24-25,34-35H,1,16-17,19H2,2-7H3,(H,31,38)(H,32,36). The van der Waals surface area contributed by atoms with Gasteiger partial charge in [0.2, 0.25) is 11.8 Å². The Bertz CT molecular complexity index is 1150. The Morgan fingerprint density at radius 1 is 1.05 bits per heavy atom. The van der Waals surface area contributed by atoms with Crippen LogP contribution in [0.4, 0.5) is 4.79 Å². The number of amides is 3. The number of hydrogen-bond acceptors (Lipinski definition) is 6. The molecule has 9 heteroatoms. The summed E-state index contributed by atoms with van der Waals surface area (Å²) in [6, 6.07) is 11.1. The highest BCUT2D eigenvalue weighted by atomic mass is 16.6. The third-order valence-electron chi connectivity index (χ3n) is 5.51. The van der Waals surface area contributed by atoms with Crippen molar-refractivity contribution in [3.8, 4) is 5.75 Å². The summed E-state index contributed by atoms with van der Waals surface area (Å²) in [6.07, 6.45) is 0.895. The van der Waals surface area contributed by atoms with E-state index in [0.717, 1.165) is 5.56 Å². The largest absolute Gasteiger partial charge is 0.508 e. The van der Waals surface area contributed by atoms with E-state index in [2.05, 4.69) is 17.2 Å². The molecule has 0 bridgehead atoms. The first-order valence-corrected chi connectivity index (χ1v) is 12.9. The molecule has 2 aromatic rings. The Labute approximate surface area is 230 Å². The highest BCUT2D eigenvalue weighted by molar-refractivity contribution is 5.92. The Morgan fingerprint density at radius 2 is 1.69 bits per heavy atom. The molecule has 4 N–H and O–H groups in total. The van der Waals surface area contributed by atoms with E-state index >= 15 is 0 Å². The van der Waals surface area contributed by atoms with Gasteiger partial charge in [-0.05, 0) is 76.4 Å². The maximum absolute atomic E-state index is 14.1. The summed E-state index contributed by atoms with van der Waals surface area (Å²) >= 11 is 0. The summed E-state index contributed by atoms with van der Waals surface area (Å²) in [6.45, 7) is 13.8. The number of hydrogen-bond donors (Lipinski definition) is 4. The van der Waals surface area contributed by atoms with E-state index in [-0.39, 0.29) is 18.7 Å². The molecule has 39 heavy (non-hydrogen) atoms. The van der Waals surface area contributed by atoms with Crippen LogP contribution in [-0.2, 0) is 20.7 Å². The summed E-state index contributed by atoms with van der Waals surface area (Å²) < 4.78 is 5.40. The zero-order chi connectivity index (χ0) is 29.4. The van der Waals surface area contributed by atoms with Gasteiger partial charge in [-0.25, -0.2) is 4.79 Å². The second-order valence-corrected chi connectivity index (χ2v) is 11.3. The Kier molecular flexibility index (Phi) is 10.7. The molecule has 0 spiro atoms. The van der Waals surface area contributed by atoms with E-state index in [1.807, 2.05) is 26.8 Å². The zero-order valence-electron chi connectivity index (χ0n) is 23.7. The van der Waals surface area contributed by atoms with Gasteiger partial charge in [-0.2, -0.15) is 0 Å². The molecule has 2 atom stereocenters. The Balaban J connectivity index is 2.57. The number of phenolic OH excluding ortho intramolecular Hbond substituents is 1. The Hall–Kier alpha value is -3.85. The average molecular weight is 540 g/mol. The number of nitrogens with zero attached hydrogens (tertiary/aromatic N) is 1. The first-order valence-electron chi connectivity index (χ1n) is 12.9. The van der Waals surface area contributed by atoms with Crippen LogP contribution in [0.2, 0.25) is 0 Å². The van der Waals surface area contributed by atoms with Crippen LogP contribution >= 0.6 is 0 Å². The fraction of sp³-hybridized carbons (Fsp3) is 0.433. The molecular formula is C30H41N3O6. The van der Waals surface area contributed by atoms with Gasteiger partial charge < -0.3 is 30.5 Å². The van der Waals surface area contributed by atoms with Crippen molar-refractivity contribution in [1.29, 1.82) is 0 Å². The second-order valence-electron chi connectivity index (χ2n) is 11.3. The van der Waals surface area contributed by atoms with Crippen molar-refractivity contribution in [2.75, 3.05) is 13.2 Å². The van der Waals surface area contributed by atoms with Crippen LogP contribution in [0, 0.1) is 0 Å². The molecular weight excluding hydrogens is 498 g/mol. The highest BCUT2D eigenvalue weighted by Crippen LogP contribution is 2.25. The minimum absolute atomic E-state index is 0.0561. The maximum Gasteiger partial charge on any atom is 0.408 e. The number of phenols is 1. The molecule has 0 saturated heterocycles. The van der Waals surface area contributed by atoms with Crippen molar-refractivity contribution < 1.29 is 29.3 Å². The Morgan fingerprint density at radius 3 is 2.23 bits per heavy atom. The third kappa shape index (κ3) is 10.1. The SMILES string of the molecule is C=Cc1cccc(C(C(=O)NC(C)(C)C)N(CCO)C(=O)C(Cc2ccc(O)cc2)NC(=O)OC(C)(C)C)c1. The smallest absolute Gasteiger partial charge is 0.408 e. The van der Waals surface area contributed by atoms with Crippen molar-refractivity contribution >= 4 is 24.0 Å². The van der Waals surface area contributed by atoms with Crippen molar-refractivity contribution in [3.05, 3.63) is 71.8 Å². The molecule has 0 aromatic heterocycles. The number of nitrogens with one attached hydrogen (secondary N) is 2. The molecule has 2 rings (SSSR count). The van der Waals surface area contributed by atoms with Gasteiger partial charge >= 0.3 is 6.09 Å². The minimum atomic E-state index is -1.14. The lowest BCUT2D eigenvalue weighted by atomic mass is 9.97. The van der Waals surface area contributed by atoms with Crippen LogP contribution in [0.15, 0.2) is 55.1 Å². The molecule has 0 saturated carbocycles. The third-order valence-corrected chi connectivity index (χ3v) is 5.51. The van der Waals surface area contributed by atoms with Crippen molar-refractivity contribution in [2.45, 2.75) is 71.2 Å². The fourth-order valence-corrected chi connectivity index (χ4v) is 3.96. The van der Waals surface area contributed by atoms with Crippen molar-refractivity contribution in [1.82, 2.24) is 15.5 Å². The summed E-state index contributed by atoms with van der Waals surface area (Å²) in [7, 11) is 0. The number of carbonyl (C=O) groups is 3. The quantitative estimate of drug-likeness (QED) is 0.362. The number of carbonyl (C=O) groups excluding carboxylic acids is 3. The van der Waals surface area contributed by atoms with Gasteiger partial charge in [-0.1, -0.05) is 43.0 Å². The molecule has 0 heterocycles. The van der Waals surface area contributed by atoms with Gasteiger partial charge in [0, 0.05) is 18.5 Å². The first kappa shape index (κ1) is 31.4. The number of benzene rings is 2. The van der Waals surface area contributed by atoms with E-state index < -0.39 is 47.7 Å². The predicted molar refractivity (Wildman–Crippen MR) is 151 cm³/mol. The van der Waals surface area contributed by atoms with E-state index in [1.54, 1.807) is 57.2 Å². The number of aromatic hydroxyl groups is 1. The molecule has 2 unspecified atom stereocenters. The van der Waals surface area contributed by atoms with Gasteiger partial charge in [-0.15, -0.1) is 0 Å². The number of aliphatic hydroxyl groups excluding tert-OH is 1. The van der Waals surface area contributed by atoms with Gasteiger partial charge in [0.05, 0.1) is 6.61 Å². The molecule has 0 radical (unpaired) electrons. The summed E-state index contributed by atoms with van der Waals surface area (Å²) in [4.78, 5) is 41.8. The molecule has 212 valence electrons. The molecule has 0 aliphatic carbocycles. The summed E-state index contributed by atoms with van der Waals surface area (Å²) in [5, 5.41) is 25.2.